The summed E-state index contributed by atoms with van der Waals surface area (Å²) in [5.74, 6) is 0.998. The summed E-state index contributed by atoms with van der Waals surface area (Å²) in [5.41, 5.74) is 2.25. The van der Waals surface area contributed by atoms with Crippen molar-refractivity contribution in [2.75, 3.05) is 13.1 Å². The second-order valence-electron chi connectivity index (χ2n) is 4.89. The summed E-state index contributed by atoms with van der Waals surface area (Å²) in [7, 11) is 0. The Morgan fingerprint density at radius 1 is 1.28 bits per heavy atom. The minimum Gasteiger partial charge on any atom is -0.458 e. The second-order valence-corrected chi connectivity index (χ2v) is 4.89. The summed E-state index contributed by atoms with van der Waals surface area (Å²) in [6, 6.07) is 8.22. The van der Waals surface area contributed by atoms with Crippen LogP contribution in [-0.2, 0) is 11.2 Å². The molecule has 0 aliphatic carbocycles. The van der Waals surface area contributed by atoms with E-state index in [1.54, 1.807) is 0 Å². The fraction of sp³-hybridized carbons (Fsp3) is 0.467. The first-order chi connectivity index (χ1) is 8.79. The molecule has 2 unspecified atom stereocenters. The molecule has 3 heteroatoms. The topological polar surface area (TPSA) is 34.4 Å². The normalized spacial score (nSPS) is 24.6. The molecule has 2 atom stereocenters. The molecule has 1 aliphatic rings. The molecular formula is C15H19NO2. The number of aryl methyl sites for hydroxylation is 1. The number of hydrogen-bond acceptors (Lipinski definition) is 3. The van der Waals surface area contributed by atoms with Crippen LogP contribution in [0, 0.1) is 0 Å². The first-order valence-electron chi connectivity index (χ1n) is 6.66. The first kappa shape index (κ1) is 11.8. The summed E-state index contributed by atoms with van der Waals surface area (Å²) in [6.45, 7) is 6.00. The summed E-state index contributed by atoms with van der Waals surface area (Å²) in [5, 5.41) is 4.61. The molecule has 96 valence electrons. The number of benzene rings is 1. The molecule has 0 saturated carbocycles. The van der Waals surface area contributed by atoms with Gasteiger partial charge < -0.3 is 14.5 Å². The maximum atomic E-state index is 6.01. The van der Waals surface area contributed by atoms with Crippen LogP contribution in [-0.4, -0.2) is 19.2 Å². The number of para-hydroxylation sites is 1. The van der Waals surface area contributed by atoms with Crippen molar-refractivity contribution < 1.29 is 9.15 Å². The first-order valence-corrected chi connectivity index (χ1v) is 6.66. The van der Waals surface area contributed by atoms with Crippen LogP contribution in [0.4, 0.5) is 0 Å². The lowest BCUT2D eigenvalue weighted by Gasteiger charge is -2.28. The highest BCUT2D eigenvalue weighted by molar-refractivity contribution is 5.82. The minimum absolute atomic E-state index is 0.0381. The van der Waals surface area contributed by atoms with Gasteiger partial charge in [0.25, 0.3) is 0 Å². The monoisotopic (exact) mass is 245 g/mol. The van der Waals surface area contributed by atoms with Gasteiger partial charge in [-0.3, -0.25) is 0 Å². The standard InChI is InChI=1S/C15H19NO2/c1-3-11-12-6-4-5-7-13(12)18-15(11)14-9-16-8-10(2)17-14/h4-7,10,14,16H,3,8-9H2,1-2H3. The van der Waals surface area contributed by atoms with Gasteiger partial charge >= 0.3 is 0 Å². The minimum atomic E-state index is 0.0381. The van der Waals surface area contributed by atoms with E-state index in [-0.39, 0.29) is 12.2 Å². The average molecular weight is 245 g/mol. The molecule has 1 aromatic carbocycles. The Morgan fingerprint density at radius 2 is 2.11 bits per heavy atom. The summed E-state index contributed by atoms with van der Waals surface area (Å²) >= 11 is 0. The van der Waals surface area contributed by atoms with Crippen molar-refractivity contribution in [3.63, 3.8) is 0 Å². The number of nitrogens with one attached hydrogen (secondary N) is 1. The smallest absolute Gasteiger partial charge is 0.138 e. The Bertz CT molecular complexity index is 546. The predicted molar refractivity (Wildman–Crippen MR) is 71.7 cm³/mol. The number of rotatable bonds is 2. The highest BCUT2D eigenvalue weighted by atomic mass is 16.5. The molecule has 0 radical (unpaired) electrons. The summed E-state index contributed by atoms with van der Waals surface area (Å²) in [4.78, 5) is 0. The zero-order valence-electron chi connectivity index (χ0n) is 10.9. The lowest BCUT2D eigenvalue weighted by Crippen LogP contribution is -2.39. The van der Waals surface area contributed by atoms with Gasteiger partial charge in [0, 0.05) is 24.0 Å². The van der Waals surface area contributed by atoms with Gasteiger partial charge in [-0.15, -0.1) is 0 Å². The van der Waals surface area contributed by atoms with Crippen molar-refractivity contribution >= 4 is 11.0 Å². The van der Waals surface area contributed by atoms with Crippen molar-refractivity contribution in [3.8, 4) is 0 Å². The number of hydrogen-bond donors (Lipinski definition) is 1. The lowest BCUT2D eigenvalue weighted by molar-refractivity contribution is -0.0387. The molecule has 2 aromatic rings. The van der Waals surface area contributed by atoms with E-state index in [9.17, 15) is 0 Å². The van der Waals surface area contributed by atoms with E-state index in [0.717, 1.165) is 30.9 Å². The maximum absolute atomic E-state index is 6.01. The number of fused-ring (bicyclic) bond motifs is 1. The fourth-order valence-electron chi connectivity index (χ4n) is 2.69. The SMILES string of the molecule is CCc1c(C2CNCC(C)O2)oc2ccccc12. The van der Waals surface area contributed by atoms with Crippen LogP contribution in [0.5, 0.6) is 0 Å². The Morgan fingerprint density at radius 3 is 2.89 bits per heavy atom. The number of ether oxygens (including phenoxy) is 1. The van der Waals surface area contributed by atoms with Gasteiger partial charge in [0.05, 0.1) is 6.10 Å². The second kappa shape index (κ2) is 4.75. The van der Waals surface area contributed by atoms with Crippen molar-refractivity contribution in [2.45, 2.75) is 32.5 Å². The van der Waals surface area contributed by atoms with Crippen molar-refractivity contribution in [3.05, 3.63) is 35.6 Å². The predicted octanol–water partition coefficient (Wildman–Crippen LogP) is 3.04. The Kier molecular flexibility index (Phi) is 3.10. The van der Waals surface area contributed by atoms with Gasteiger partial charge in [-0.2, -0.15) is 0 Å². The van der Waals surface area contributed by atoms with E-state index in [4.69, 9.17) is 9.15 Å². The molecule has 1 aliphatic heterocycles. The van der Waals surface area contributed by atoms with Crippen molar-refractivity contribution in [1.82, 2.24) is 5.32 Å². The Labute approximate surface area is 107 Å². The van der Waals surface area contributed by atoms with E-state index in [1.165, 1.54) is 10.9 Å². The van der Waals surface area contributed by atoms with Gasteiger partial charge in [-0.1, -0.05) is 25.1 Å². The molecule has 1 aromatic heterocycles. The molecule has 1 N–H and O–H groups in total. The highest BCUT2D eigenvalue weighted by Crippen LogP contribution is 2.33. The molecule has 1 fully saturated rings. The summed E-state index contributed by atoms with van der Waals surface area (Å²) < 4.78 is 12.0. The average Bonchev–Trinajstić information content (AvgIpc) is 2.77. The zero-order valence-corrected chi connectivity index (χ0v) is 10.9. The molecule has 3 rings (SSSR count). The van der Waals surface area contributed by atoms with Gasteiger partial charge in [0.15, 0.2) is 0 Å². The van der Waals surface area contributed by atoms with Crippen LogP contribution in [0.1, 0.15) is 31.3 Å². The van der Waals surface area contributed by atoms with Gasteiger partial charge in [0.2, 0.25) is 0 Å². The fourth-order valence-corrected chi connectivity index (χ4v) is 2.69. The molecule has 1 saturated heterocycles. The van der Waals surface area contributed by atoms with Crippen LogP contribution in [0.15, 0.2) is 28.7 Å². The van der Waals surface area contributed by atoms with E-state index >= 15 is 0 Å². The van der Waals surface area contributed by atoms with E-state index in [2.05, 4.69) is 31.3 Å². The molecule has 2 heterocycles. The summed E-state index contributed by atoms with van der Waals surface area (Å²) in [6.07, 6.45) is 1.25. The zero-order chi connectivity index (χ0) is 12.5. The van der Waals surface area contributed by atoms with Crippen LogP contribution >= 0.6 is 0 Å². The molecule has 18 heavy (non-hydrogen) atoms. The Balaban J connectivity index is 2.05. The van der Waals surface area contributed by atoms with E-state index in [1.807, 2.05) is 12.1 Å². The van der Waals surface area contributed by atoms with Crippen molar-refractivity contribution in [1.29, 1.82) is 0 Å². The highest BCUT2D eigenvalue weighted by Gasteiger charge is 2.26. The van der Waals surface area contributed by atoms with Gasteiger partial charge in [-0.25, -0.2) is 0 Å². The largest absolute Gasteiger partial charge is 0.458 e. The third-order valence-corrected chi connectivity index (χ3v) is 3.53. The third-order valence-electron chi connectivity index (χ3n) is 3.53. The molecule has 0 spiro atoms. The van der Waals surface area contributed by atoms with Crippen LogP contribution in [0.2, 0.25) is 0 Å². The van der Waals surface area contributed by atoms with Crippen LogP contribution < -0.4 is 5.32 Å². The van der Waals surface area contributed by atoms with Crippen LogP contribution in [0.25, 0.3) is 11.0 Å². The van der Waals surface area contributed by atoms with E-state index < -0.39 is 0 Å². The van der Waals surface area contributed by atoms with Crippen LogP contribution in [0.3, 0.4) is 0 Å². The van der Waals surface area contributed by atoms with Gasteiger partial charge in [0.1, 0.15) is 17.4 Å². The third kappa shape index (κ3) is 1.93. The lowest BCUT2D eigenvalue weighted by atomic mass is 10.0. The molecule has 3 nitrogen and oxygen atoms in total. The van der Waals surface area contributed by atoms with E-state index in [0.29, 0.717) is 0 Å². The Hall–Kier alpha value is -1.32. The maximum Gasteiger partial charge on any atom is 0.138 e. The van der Waals surface area contributed by atoms with Gasteiger partial charge in [-0.05, 0) is 19.4 Å². The quantitative estimate of drug-likeness (QED) is 0.883. The molecular weight excluding hydrogens is 226 g/mol. The van der Waals surface area contributed by atoms with Crippen molar-refractivity contribution in [2.24, 2.45) is 0 Å². The number of morpholine rings is 1. The molecule has 0 bridgehead atoms. The molecule has 0 amide bonds. The number of furan rings is 1.